The Hall–Kier alpha value is -1.99. The van der Waals surface area contributed by atoms with Gasteiger partial charge in [-0.2, -0.15) is 9.61 Å². The molecule has 0 aliphatic rings. The summed E-state index contributed by atoms with van der Waals surface area (Å²) in [6.07, 6.45) is 1.96. The quantitative estimate of drug-likeness (QED) is 0.679. The second kappa shape index (κ2) is 6.64. The Labute approximate surface area is 126 Å². The molecule has 0 fully saturated rings. The molecule has 0 amide bonds. The van der Waals surface area contributed by atoms with Crippen molar-refractivity contribution in [2.75, 3.05) is 19.0 Å². The summed E-state index contributed by atoms with van der Waals surface area (Å²) in [5.74, 6) is 0.748. The summed E-state index contributed by atoms with van der Waals surface area (Å²) in [5.41, 5.74) is 1.15. The zero-order valence-corrected chi connectivity index (χ0v) is 12.6. The van der Waals surface area contributed by atoms with E-state index in [4.69, 9.17) is 4.74 Å². The lowest BCUT2D eigenvalue weighted by Crippen LogP contribution is -2.03. The maximum atomic E-state index is 5.08. The largest absolute Gasteiger partial charge is 0.385 e. The van der Waals surface area contributed by atoms with E-state index >= 15 is 0 Å². The van der Waals surface area contributed by atoms with Crippen LogP contribution in [0, 0.1) is 0 Å². The van der Waals surface area contributed by atoms with Crippen LogP contribution in [0.25, 0.3) is 4.96 Å². The van der Waals surface area contributed by atoms with Gasteiger partial charge in [0.25, 0.3) is 0 Å². The predicted molar refractivity (Wildman–Crippen MR) is 82.6 cm³/mol. The summed E-state index contributed by atoms with van der Waals surface area (Å²) in [7, 11) is 1.64. The number of hydrogen-bond donors (Lipinski definition) is 1. The third-order valence-electron chi connectivity index (χ3n) is 3.04. The fourth-order valence-corrected chi connectivity index (χ4v) is 2.94. The molecule has 110 valence electrons. The smallest absolute Gasteiger partial charge is 0.234 e. The van der Waals surface area contributed by atoms with Crippen LogP contribution in [-0.2, 0) is 17.8 Å². The minimum atomic E-state index is 0.430. The van der Waals surface area contributed by atoms with Gasteiger partial charge in [0.1, 0.15) is 11.6 Å². The van der Waals surface area contributed by atoms with Gasteiger partial charge in [0, 0.05) is 25.8 Å². The first-order chi connectivity index (χ1) is 10.4. The molecule has 0 atom stereocenters. The van der Waals surface area contributed by atoms with Gasteiger partial charge in [-0.15, -0.1) is 10.2 Å². The topological polar surface area (TPSA) is 64.3 Å². The van der Waals surface area contributed by atoms with Gasteiger partial charge in [-0.05, 0) is 18.6 Å². The number of fused-ring (bicyclic) bond motifs is 1. The van der Waals surface area contributed by atoms with Gasteiger partial charge >= 0.3 is 0 Å². The Morgan fingerprint density at radius 1 is 1.24 bits per heavy atom. The summed E-state index contributed by atoms with van der Waals surface area (Å²) in [6, 6.07) is 10.2. The second-order valence-corrected chi connectivity index (χ2v) is 5.68. The van der Waals surface area contributed by atoms with E-state index in [9.17, 15) is 0 Å². The average Bonchev–Trinajstić information content (AvgIpc) is 3.07. The van der Waals surface area contributed by atoms with Gasteiger partial charge in [-0.1, -0.05) is 29.5 Å². The molecule has 0 saturated heterocycles. The van der Waals surface area contributed by atoms with Crippen molar-refractivity contribution in [2.24, 2.45) is 0 Å². The van der Waals surface area contributed by atoms with Gasteiger partial charge < -0.3 is 10.1 Å². The number of nitrogens with one attached hydrogen (secondary N) is 1. The molecule has 0 aliphatic heterocycles. The number of aryl methyl sites for hydroxylation is 1. The molecule has 2 aromatic heterocycles. The van der Waals surface area contributed by atoms with E-state index in [1.807, 2.05) is 18.2 Å². The van der Waals surface area contributed by atoms with Crippen molar-refractivity contribution in [1.82, 2.24) is 19.8 Å². The molecule has 0 unspecified atom stereocenters. The van der Waals surface area contributed by atoms with Crippen molar-refractivity contribution in [3.05, 3.63) is 41.2 Å². The van der Waals surface area contributed by atoms with E-state index in [1.54, 1.807) is 23.0 Å². The molecular weight excluding hydrogens is 286 g/mol. The first kappa shape index (κ1) is 14.0. The van der Waals surface area contributed by atoms with Gasteiger partial charge in [0.15, 0.2) is 5.82 Å². The Balaban J connectivity index is 1.53. The van der Waals surface area contributed by atoms with Crippen LogP contribution >= 0.6 is 11.3 Å². The summed E-state index contributed by atoms with van der Waals surface area (Å²) >= 11 is 1.59. The lowest BCUT2D eigenvalue weighted by atomic mass is 10.3. The highest BCUT2D eigenvalue weighted by molar-refractivity contribution is 7.16. The SMILES string of the molecule is COCc1nnc2sc(CCCNc3ccccc3)nn12. The molecule has 0 aliphatic carbocycles. The Bertz CT molecular complexity index is 694. The van der Waals surface area contributed by atoms with E-state index in [0.717, 1.165) is 40.9 Å². The van der Waals surface area contributed by atoms with E-state index in [2.05, 4.69) is 32.7 Å². The minimum Gasteiger partial charge on any atom is -0.385 e. The van der Waals surface area contributed by atoms with Crippen LogP contribution in [-0.4, -0.2) is 33.5 Å². The molecule has 7 heteroatoms. The maximum absolute atomic E-state index is 5.08. The van der Waals surface area contributed by atoms with Crippen molar-refractivity contribution >= 4 is 22.0 Å². The zero-order valence-electron chi connectivity index (χ0n) is 11.8. The van der Waals surface area contributed by atoms with Crippen LogP contribution in [0.4, 0.5) is 5.69 Å². The number of aromatic nitrogens is 4. The Morgan fingerprint density at radius 3 is 2.90 bits per heavy atom. The number of anilines is 1. The molecular formula is C14H17N5OS. The molecule has 0 spiro atoms. The number of methoxy groups -OCH3 is 1. The van der Waals surface area contributed by atoms with E-state index in [-0.39, 0.29) is 0 Å². The number of ether oxygens (including phenoxy) is 1. The molecule has 3 aromatic rings. The third-order valence-corrected chi connectivity index (χ3v) is 4.00. The summed E-state index contributed by atoms with van der Waals surface area (Å²) in [6.45, 7) is 1.36. The molecule has 1 N–H and O–H groups in total. The summed E-state index contributed by atoms with van der Waals surface area (Å²) in [5, 5.41) is 17.2. The number of hydrogen-bond acceptors (Lipinski definition) is 6. The van der Waals surface area contributed by atoms with Crippen molar-refractivity contribution in [3.8, 4) is 0 Å². The van der Waals surface area contributed by atoms with E-state index in [1.165, 1.54) is 0 Å². The first-order valence-corrected chi connectivity index (χ1v) is 7.66. The van der Waals surface area contributed by atoms with Crippen LogP contribution in [0.2, 0.25) is 0 Å². The van der Waals surface area contributed by atoms with Gasteiger partial charge in [0.05, 0.1) is 0 Å². The van der Waals surface area contributed by atoms with Crippen LogP contribution in [0.3, 0.4) is 0 Å². The molecule has 0 radical (unpaired) electrons. The Morgan fingerprint density at radius 2 is 2.10 bits per heavy atom. The number of para-hydroxylation sites is 1. The zero-order chi connectivity index (χ0) is 14.5. The average molecular weight is 303 g/mol. The highest BCUT2D eigenvalue weighted by atomic mass is 32.1. The molecule has 1 aromatic carbocycles. The normalized spacial score (nSPS) is 11.1. The highest BCUT2D eigenvalue weighted by Crippen LogP contribution is 2.16. The van der Waals surface area contributed by atoms with Crippen molar-refractivity contribution < 1.29 is 4.74 Å². The standard InChI is InChI=1S/C14H17N5OS/c1-20-10-12-16-17-14-19(12)18-13(21-14)8-5-9-15-11-6-3-2-4-7-11/h2-4,6-7,15H,5,8-10H2,1H3. The third kappa shape index (κ3) is 3.37. The summed E-state index contributed by atoms with van der Waals surface area (Å²) < 4.78 is 6.85. The number of benzene rings is 1. The van der Waals surface area contributed by atoms with Crippen molar-refractivity contribution in [2.45, 2.75) is 19.4 Å². The van der Waals surface area contributed by atoms with Crippen LogP contribution < -0.4 is 5.32 Å². The Kier molecular flexibility index (Phi) is 4.42. The minimum absolute atomic E-state index is 0.430. The highest BCUT2D eigenvalue weighted by Gasteiger charge is 2.10. The van der Waals surface area contributed by atoms with Gasteiger partial charge in [0.2, 0.25) is 4.96 Å². The lowest BCUT2D eigenvalue weighted by molar-refractivity contribution is 0.176. The number of nitrogens with zero attached hydrogens (tertiary/aromatic N) is 4. The van der Waals surface area contributed by atoms with Crippen molar-refractivity contribution in [3.63, 3.8) is 0 Å². The molecule has 21 heavy (non-hydrogen) atoms. The van der Waals surface area contributed by atoms with E-state index < -0.39 is 0 Å². The monoisotopic (exact) mass is 303 g/mol. The fraction of sp³-hybridized carbons (Fsp3) is 0.357. The molecule has 0 bridgehead atoms. The predicted octanol–water partition coefficient (Wildman–Crippen LogP) is 2.38. The van der Waals surface area contributed by atoms with Crippen molar-refractivity contribution in [1.29, 1.82) is 0 Å². The van der Waals surface area contributed by atoms with Gasteiger partial charge in [-0.3, -0.25) is 0 Å². The van der Waals surface area contributed by atoms with Crippen LogP contribution in [0.5, 0.6) is 0 Å². The molecule has 2 heterocycles. The number of rotatable bonds is 7. The lowest BCUT2D eigenvalue weighted by Gasteiger charge is -2.04. The second-order valence-electron chi connectivity index (χ2n) is 4.64. The molecule has 0 saturated carbocycles. The molecule has 6 nitrogen and oxygen atoms in total. The molecule has 3 rings (SSSR count). The van der Waals surface area contributed by atoms with E-state index in [0.29, 0.717) is 6.61 Å². The van der Waals surface area contributed by atoms with Crippen LogP contribution in [0.15, 0.2) is 30.3 Å². The van der Waals surface area contributed by atoms with Gasteiger partial charge in [-0.25, -0.2) is 0 Å². The fourth-order valence-electron chi connectivity index (χ4n) is 2.05. The summed E-state index contributed by atoms with van der Waals surface area (Å²) in [4.78, 5) is 0.827. The van der Waals surface area contributed by atoms with Crippen LogP contribution in [0.1, 0.15) is 17.3 Å². The first-order valence-electron chi connectivity index (χ1n) is 6.84. The maximum Gasteiger partial charge on any atom is 0.234 e.